The van der Waals surface area contributed by atoms with Gasteiger partial charge < -0.3 is 19.5 Å². The molecule has 0 fully saturated rings. The fourth-order valence-corrected chi connectivity index (χ4v) is 4.36. The number of hydrogen-bond donors (Lipinski definition) is 2. The maximum atomic E-state index is 13.0. The number of amides is 1. The summed E-state index contributed by atoms with van der Waals surface area (Å²) >= 11 is 0. The van der Waals surface area contributed by atoms with Crippen LogP contribution in [0.3, 0.4) is 0 Å². The van der Waals surface area contributed by atoms with Crippen LogP contribution in [0.15, 0.2) is 65.6 Å². The molecule has 0 saturated heterocycles. The Morgan fingerprint density at radius 2 is 1.53 bits per heavy atom. The number of carbonyl (C=O) groups is 1. The highest BCUT2D eigenvalue weighted by Crippen LogP contribution is 2.29. The summed E-state index contributed by atoms with van der Waals surface area (Å²) in [5, 5.41) is 2.66. The topological polar surface area (TPSA) is 103 Å². The van der Waals surface area contributed by atoms with Crippen LogP contribution in [0, 0.1) is 13.8 Å². The number of sulfonamides is 1. The fourth-order valence-electron chi connectivity index (χ4n) is 3.11. The Kier molecular flexibility index (Phi) is 8.01. The first-order valence-corrected chi connectivity index (χ1v) is 12.1. The summed E-state index contributed by atoms with van der Waals surface area (Å²) in [5.41, 5.74) is 2.84. The van der Waals surface area contributed by atoms with Crippen LogP contribution in [0.2, 0.25) is 0 Å². The smallest absolute Gasteiger partial charge is 0.265 e. The first-order valence-electron chi connectivity index (χ1n) is 10.7. The molecule has 0 aliphatic carbocycles. The van der Waals surface area contributed by atoms with E-state index < -0.39 is 15.9 Å². The summed E-state index contributed by atoms with van der Waals surface area (Å²) in [4.78, 5) is 12.3. The molecular formula is C25H28N2O6S. The molecule has 2 N–H and O–H groups in total. The second kappa shape index (κ2) is 10.9. The predicted octanol–water partition coefficient (Wildman–Crippen LogP) is 4.53. The van der Waals surface area contributed by atoms with Gasteiger partial charge in [0.1, 0.15) is 22.1 Å². The zero-order chi connectivity index (χ0) is 24.7. The van der Waals surface area contributed by atoms with Crippen molar-refractivity contribution in [3.8, 4) is 17.2 Å². The number of aryl methyl sites for hydroxylation is 2. The highest BCUT2D eigenvalue weighted by Gasteiger charge is 2.21. The molecule has 3 aromatic rings. The van der Waals surface area contributed by atoms with Crippen LogP contribution >= 0.6 is 0 Å². The summed E-state index contributed by atoms with van der Waals surface area (Å²) in [7, 11) is -2.63. The summed E-state index contributed by atoms with van der Waals surface area (Å²) in [6, 6.07) is 16.5. The second-order valence-corrected chi connectivity index (χ2v) is 9.16. The Labute approximate surface area is 199 Å². The average Bonchev–Trinajstić information content (AvgIpc) is 2.81. The van der Waals surface area contributed by atoms with Crippen LogP contribution in [0.4, 0.5) is 11.4 Å². The third kappa shape index (κ3) is 6.41. The van der Waals surface area contributed by atoms with Gasteiger partial charge in [0.05, 0.1) is 13.7 Å². The molecule has 0 saturated carbocycles. The van der Waals surface area contributed by atoms with E-state index in [4.69, 9.17) is 14.2 Å². The molecule has 34 heavy (non-hydrogen) atoms. The minimum atomic E-state index is -4.00. The SMILES string of the molecule is CCOc1ccc(NS(=O)(=O)c2cc(NC(=O)COc3ccc(C)c(C)c3)ccc2OC)cc1. The Balaban J connectivity index is 1.72. The summed E-state index contributed by atoms with van der Waals surface area (Å²) in [5.74, 6) is 0.931. The molecule has 8 nitrogen and oxygen atoms in total. The monoisotopic (exact) mass is 484 g/mol. The van der Waals surface area contributed by atoms with E-state index >= 15 is 0 Å². The van der Waals surface area contributed by atoms with Crippen molar-refractivity contribution in [3.05, 3.63) is 71.8 Å². The zero-order valence-electron chi connectivity index (χ0n) is 19.5. The molecule has 0 aliphatic heterocycles. The molecule has 0 aromatic heterocycles. The lowest BCUT2D eigenvalue weighted by molar-refractivity contribution is -0.118. The number of carbonyl (C=O) groups excluding carboxylic acids is 1. The van der Waals surface area contributed by atoms with Crippen molar-refractivity contribution < 1.29 is 27.4 Å². The molecule has 0 bridgehead atoms. The molecular weight excluding hydrogens is 456 g/mol. The van der Waals surface area contributed by atoms with E-state index in [0.29, 0.717) is 29.5 Å². The molecule has 3 aromatic carbocycles. The van der Waals surface area contributed by atoms with Crippen molar-refractivity contribution in [1.82, 2.24) is 0 Å². The summed E-state index contributed by atoms with van der Waals surface area (Å²) in [6.45, 7) is 6.11. The number of ether oxygens (including phenoxy) is 3. The molecule has 180 valence electrons. The Bertz CT molecular complexity index is 1260. The van der Waals surface area contributed by atoms with Gasteiger partial charge in [0.2, 0.25) is 0 Å². The Hall–Kier alpha value is -3.72. The highest BCUT2D eigenvalue weighted by atomic mass is 32.2. The number of benzene rings is 3. The van der Waals surface area contributed by atoms with Gasteiger partial charge in [-0.05, 0) is 86.5 Å². The molecule has 0 atom stereocenters. The number of nitrogens with one attached hydrogen (secondary N) is 2. The summed E-state index contributed by atoms with van der Waals surface area (Å²) in [6.07, 6.45) is 0. The van der Waals surface area contributed by atoms with E-state index in [2.05, 4.69) is 10.0 Å². The molecule has 9 heteroatoms. The lowest BCUT2D eigenvalue weighted by Crippen LogP contribution is -2.21. The minimum Gasteiger partial charge on any atom is -0.495 e. The van der Waals surface area contributed by atoms with Gasteiger partial charge in [-0.1, -0.05) is 6.07 Å². The van der Waals surface area contributed by atoms with Gasteiger partial charge in [-0.2, -0.15) is 0 Å². The maximum absolute atomic E-state index is 13.0. The van der Waals surface area contributed by atoms with Gasteiger partial charge in [0, 0.05) is 11.4 Å². The van der Waals surface area contributed by atoms with Crippen molar-refractivity contribution in [2.75, 3.05) is 30.4 Å². The third-order valence-electron chi connectivity index (χ3n) is 5.00. The summed E-state index contributed by atoms with van der Waals surface area (Å²) < 4.78 is 44.7. The van der Waals surface area contributed by atoms with E-state index in [1.807, 2.05) is 32.9 Å². The van der Waals surface area contributed by atoms with Crippen molar-refractivity contribution in [2.24, 2.45) is 0 Å². The molecule has 1 amide bonds. The second-order valence-electron chi connectivity index (χ2n) is 7.51. The minimum absolute atomic E-state index is 0.114. The first kappa shape index (κ1) is 24.9. The van der Waals surface area contributed by atoms with Gasteiger partial charge in [-0.15, -0.1) is 0 Å². The van der Waals surface area contributed by atoms with Crippen LogP contribution in [-0.4, -0.2) is 34.6 Å². The van der Waals surface area contributed by atoms with Crippen molar-refractivity contribution >= 4 is 27.3 Å². The standard InChI is InChI=1S/C25H28N2O6S/c1-5-32-21-11-7-19(8-12-21)27-34(29,30)24-15-20(9-13-23(24)31-4)26-25(28)16-33-22-10-6-17(2)18(3)14-22/h6-15,27H,5,16H2,1-4H3,(H,26,28). The van der Waals surface area contributed by atoms with Crippen LogP contribution in [0.1, 0.15) is 18.1 Å². The largest absolute Gasteiger partial charge is 0.495 e. The number of anilines is 2. The quantitative estimate of drug-likeness (QED) is 0.438. The maximum Gasteiger partial charge on any atom is 0.265 e. The van der Waals surface area contributed by atoms with Gasteiger partial charge in [-0.3, -0.25) is 9.52 Å². The Morgan fingerprint density at radius 3 is 2.18 bits per heavy atom. The van der Waals surface area contributed by atoms with Gasteiger partial charge in [0.25, 0.3) is 15.9 Å². The zero-order valence-corrected chi connectivity index (χ0v) is 20.4. The van der Waals surface area contributed by atoms with Crippen LogP contribution in [0.5, 0.6) is 17.2 Å². The van der Waals surface area contributed by atoms with Gasteiger partial charge in [-0.25, -0.2) is 8.42 Å². The van der Waals surface area contributed by atoms with E-state index in [0.717, 1.165) is 11.1 Å². The van der Waals surface area contributed by atoms with Crippen LogP contribution < -0.4 is 24.2 Å². The first-order chi connectivity index (χ1) is 16.2. The number of hydrogen-bond acceptors (Lipinski definition) is 6. The van der Waals surface area contributed by atoms with Crippen LogP contribution in [-0.2, 0) is 14.8 Å². The molecule has 3 rings (SSSR count). The van der Waals surface area contributed by atoms with E-state index in [1.54, 1.807) is 36.4 Å². The highest BCUT2D eigenvalue weighted by molar-refractivity contribution is 7.92. The fraction of sp³-hybridized carbons (Fsp3) is 0.240. The number of methoxy groups -OCH3 is 1. The van der Waals surface area contributed by atoms with E-state index in [1.165, 1.54) is 19.2 Å². The van der Waals surface area contributed by atoms with E-state index in [-0.39, 0.29) is 17.3 Å². The van der Waals surface area contributed by atoms with Gasteiger partial charge >= 0.3 is 0 Å². The molecule has 0 spiro atoms. The lowest BCUT2D eigenvalue weighted by Gasteiger charge is -2.14. The van der Waals surface area contributed by atoms with Crippen LogP contribution in [0.25, 0.3) is 0 Å². The lowest BCUT2D eigenvalue weighted by atomic mass is 10.1. The molecule has 0 radical (unpaired) electrons. The normalized spacial score (nSPS) is 10.9. The number of rotatable bonds is 10. The molecule has 0 aliphatic rings. The van der Waals surface area contributed by atoms with Gasteiger partial charge in [0.15, 0.2) is 6.61 Å². The average molecular weight is 485 g/mol. The van der Waals surface area contributed by atoms with Crippen molar-refractivity contribution in [1.29, 1.82) is 0 Å². The third-order valence-corrected chi connectivity index (χ3v) is 6.41. The van der Waals surface area contributed by atoms with Crippen molar-refractivity contribution in [2.45, 2.75) is 25.7 Å². The molecule has 0 heterocycles. The van der Waals surface area contributed by atoms with E-state index in [9.17, 15) is 13.2 Å². The predicted molar refractivity (Wildman–Crippen MR) is 131 cm³/mol. The van der Waals surface area contributed by atoms with Crippen molar-refractivity contribution in [3.63, 3.8) is 0 Å². The molecule has 0 unspecified atom stereocenters. The Morgan fingerprint density at radius 1 is 0.853 bits per heavy atom.